The lowest BCUT2D eigenvalue weighted by molar-refractivity contribution is -0.159. The SMILES string of the molecule is CC(C)N(C(=O)COC(=O)[C@H]1CS[C@]2(c3ccccc3)CCC(=O)N12)C(C)C. The maximum Gasteiger partial charge on any atom is 0.330 e. The molecule has 7 heteroatoms. The number of amides is 2. The molecule has 2 aliphatic heterocycles. The van der Waals surface area contributed by atoms with Crippen molar-refractivity contribution in [2.24, 2.45) is 0 Å². The van der Waals surface area contributed by atoms with Gasteiger partial charge in [0, 0.05) is 24.3 Å². The van der Waals surface area contributed by atoms with E-state index in [4.69, 9.17) is 4.74 Å². The normalized spacial score (nSPS) is 24.0. The first-order chi connectivity index (χ1) is 13.3. The number of nitrogens with zero attached hydrogens (tertiary/aromatic N) is 2. The molecule has 3 rings (SSSR count). The summed E-state index contributed by atoms with van der Waals surface area (Å²) in [6.07, 6.45) is 1.09. The molecule has 2 fully saturated rings. The van der Waals surface area contributed by atoms with Gasteiger partial charge in [0.15, 0.2) is 6.61 Å². The van der Waals surface area contributed by atoms with Crippen molar-refractivity contribution in [3.63, 3.8) is 0 Å². The Morgan fingerprint density at radius 3 is 2.46 bits per heavy atom. The van der Waals surface area contributed by atoms with Crippen LogP contribution in [0.3, 0.4) is 0 Å². The standard InChI is InChI=1S/C21H28N2O4S/c1-14(2)22(15(3)4)19(25)12-27-20(26)17-13-28-21(11-10-18(24)23(17)21)16-8-6-5-7-9-16/h5-9,14-15,17H,10-13H2,1-4H3/t17-,21+/m1/s1. The molecule has 0 aliphatic carbocycles. The lowest BCUT2D eigenvalue weighted by atomic mass is 10.0. The van der Waals surface area contributed by atoms with E-state index in [0.717, 1.165) is 5.56 Å². The van der Waals surface area contributed by atoms with Gasteiger partial charge in [-0.15, -0.1) is 11.8 Å². The molecule has 0 spiro atoms. The molecular weight excluding hydrogens is 376 g/mol. The Morgan fingerprint density at radius 1 is 1.21 bits per heavy atom. The molecule has 28 heavy (non-hydrogen) atoms. The van der Waals surface area contributed by atoms with E-state index < -0.39 is 16.9 Å². The molecule has 0 bridgehead atoms. The van der Waals surface area contributed by atoms with Crippen molar-refractivity contribution in [3.8, 4) is 0 Å². The molecule has 0 N–H and O–H groups in total. The van der Waals surface area contributed by atoms with Gasteiger partial charge in [0.05, 0.1) is 0 Å². The van der Waals surface area contributed by atoms with Crippen LogP contribution in [0.4, 0.5) is 0 Å². The topological polar surface area (TPSA) is 66.9 Å². The maximum atomic E-state index is 12.8. The van der Waals surface area contributed by atoms with Crippen molar-refractivity contribution >= 4 is 29.5 Å². The summed E-state index contributed by atoms with van der Waals surface area (Å²) in [5.74, 6) is -0.272. The van der Waals surface area contributed by atoms with E-state index >= 15 is 0 Å². The fourth-order valence-electron chi connectivity index (χ4n) is 4.29. The van der Waals surface area contributed by atoms with E-state index in [1.54, 1.807) is 21.6 Å². The van der Waals surface area contributed by atoms with E-state index in [9.17, 15) is 14.4 Å². The van der Waals surface area contributed by atoms with Crippen molar-refractivity contribution in [3.05, 3.63) is 35.9 Å². The van der Waals surface area contributed by atoms with E-state index in [1.165, 1.54) is 0 Å². The Labute approximate surface area is 170 Å². The highest BCUT2D eigenvalue weighted by Crippen LogP contribution is 2.54. The zero-order valence-electron chi connectivity index (χ0n) is 16.9. The van der Waals surface area contributed by atoms with Gasteiger partial charge in [0.25, 0.3) is 5.91 Å². The van der Waals surface area contributed by atoms with Gasteiger partial charge in [-0.3, -0.25) is 9.59 Å². The van der Waals surface area contributed by atoms with E-state index in [1.807, 2.05) is 58.0 Å². The number of carbonyl (C=O) groups is 3. The van der Waals surface area contributed by atoms with Crippen LogP contribution in [0.2, 0.25) is 0 Å². The van der Waals surface area contributed by atoms with Crippen LogP contribution in [0, 0.1) is 0 Å². The molecule has 2 atom stereocenters. The van der Waals surface area contributed by atoms with Gasteiger partial charge in [-0.2, -0.15) is 0 Å². The molecule has 0 aromatic heterocycles. The Bertz CT molecular complexity index is 744. The fourth-order valence-corrected chi connectivity index (χ4v) is 5.93. The second-order valence-electron chi connectivity index (χ2n) is 7.84. The average molecular weight is 405 g/mol. The molecule has 152 valence electrons. The monoisotopic (exact) mass is 404 g/mol. The Balaban J connectivity index is 1.71. The summed E-state index contributed by atoms with van der Waals surface area (Å²) >= 11 is 1.61. The number of thioether (sulfide) groups is 1. The van der Waals surface area contributed by atoms with Crippen LogP contribution in [0.15, 0.2) is 30.3 Å². The van der Waals surface area contributed by atoms with E-state index in [0.29, 0.717) is 18.6 Å². The average Bonchev–Trinajstić information content (AvgIpc) is 3.19. The second kappa shape index (κ2) is 8.15. The molecule has 2 amide bonds. The number of carbonyl (C=O) groups excluding carboxylic acids is 3. The number of esters is 1. The van der Waals surface area contributed by atoms with Crippen LogP contribution in [0.1, 0.15) is 46.1 Å². The Morgan fingerprint density at radius 2 is 1.86 bits per heavy atom. The van der Waals surface area contributed by atoms with Gasteiger partial charge in [-0.1, -0.05) is 30.3 Å². The summed E-state index contributed by atoms with van der Waals surface area (Å²) in [5, 5.41) is 0. The van der Waals surface area contributed by atoms with Gasteiger partial charge in [-0.05, 0) is 39.7 Å². The summed E-state index contributed by atoms with van der Waals surface area (Å²) in [7, 11) is 0. The second-order valence-corrected chi connectivity index (χ2v) is 9.13. The molecule has 0 saturated carbocycles. The minimum atomic E-state index is -0.653. The minimum absolute atomic E-state index is 0.0270. The largest absolute Gasteiger partial charge is 0.454 e. The zero-order valence-corrected chi connectivity index (χ0v) is 17.7. The summed E-state index contributed by atoms with van der Waals surface area (Å²) in [6.45, 7) is 7.44. The number of fused-ring (bicyclic) bond motifs is 1. The highest BCUT2D eigenvalue weighted by atomic mass is 32.2. The minimum Gasteiger partial charge on any atom is -0.454 e. The smallest absolute Gasteiger partial charge is 0.330 e. The third kappa shape index (κ3) is 3.64. The summed E-state index contributed by atoms with van der Waals surface area (Å²) in [6, 6.07) is 9.23. The maximum absolute atomic E-state index is 12.8. The van der Waals surface area contributed by atoms with Crippen molar-refractivity contribution in [2.45, 2.75) is 63.5 Å². The van der Waals surface area contributed by atoms with Gasteiger partial charge in [0.2, 0.25) is 5.91 Å². The number of hydrogen-bond donors (Lipinski definition) is 0. The van der Waals surface area contributed by atoms with Gasteiger partial charge < -0.3 is 14.5 Å². The summed E-state index contributed by atoms with van der Waals surface area (Å²) < 4.78 is 5.37. The van der Waals surface area contributed by atoms with Crippen LogP contribution in [0.25, 0.3) is 0 Å². The molecule has 1 aromatic rings. The molecule has 2 saturated heterocycles. The molecular formula is C21H28N2O4S. The van der Waals surface area contributed by atoms with Gasteiger partial charge >= 0.3 is 5.97 Å². The van der Waals surface area contributed by atoms with Crippen LogP contribution in [-0.2, 0) is 24.0 Å². The third-order valence-electron chi connectivity index (χ3n) is 5.36. The fraction of sp³-hybridized carbons (Fsp3) is 0.571. The summed E-state index contributed by atoms with van der Waals surface area (Å²) in [5.41, 5.74) is 1.03. The molecule has 0 unspecified atom stereocenters. The molecule has 2 aliphatic rings. The number of rotatable bonds is 6. The number of benzene rings is 1. The van der Waals surface area contributed by atoms with Gasteiger partial charge in [-0.25, -0.2) is 4.79 Å². The first-order valence-corrected chi connectivity index (χ1v) is 10.8. The number of ether oxygens (including phenoxy) is 1. The van der Waals surface area contributed by atoms with Crippen molar-refractivity contribution < 1.29 is 19.1 Å². The van der Waals surface area contributed by atoms with Gasteiger partial charge in [0.1, 0.15) is 10.9 Å². The van der Waals surface area contributed by atoms with Crippen molar-refractivity contribution in [1.29, 1.82) is 0 Å². The van der Waals surface area contributed by atoms with Crippen LogP contribution in [-0.4, -0.2) is 58.1 Å². The highest BCUT2D eigenvalue weighted by Gasteiger charge is 2.57. The predicted octanol–water partition coefficient (Wildman–Crippen LogP) is 2.77. The Kier molecular flexibility index (Phi) is 6.03. The van der Waals surface area contributed by atoms with E-state index in [2.05, 4.69) is 0 Å². The van der Waals surface area contributed by atoms with Crippen LogP contribution >= 0.6 is 11.8 Å². The molecule has 1 aromatic carbocycles. The van der Waals surface area contributed by atoms with E-state index in [-0.39, 0.29) is 30.5 Å². The third-order valence-corrected chi connectivity index (χ3v) is 6.96. The van der Waals surface area contributed by atoms with Crippen molar-refractivity contribution in [2.75, 3.05) is 12.4 Å². The Hall–Kier alpha value is -2.02. The molecule has 2 heterocycles. The lowest BCUT2D eigenvalue weighted by Gasteiger charge is -2.34. The van der Waals surface area contributed by atoms with Crippen LogP contribution in [0.5, 0.6) is 0 Å². The molecule has 6 nitrogen and oxygen atoms in total. The predicted molar refractivity (Wildman–Crippen MR) is 109 cm³/mol. The highest BCUT2D eigenvalue weighted by molar-refractivity contribution is 8.00. The molecule has 0 radical (unpaired) electrons. The van der Waals surface area contributed by atoms with Crippen molar-refractivity contribution in [1.82, 2.24) is 9.80 Å². The lowest BCUT2D eigenvalue weighted by Crippen LogP contribution is -2.48. The number of hydrogen-bond acceptors (Lipinski definition) is 5. The zero-order chi connectivity index (χ0) is 20.5. The first kappa shape index (κ1) is 20.7. The van der Waals surface area contributed by atoms with Crippen LogP contribution < -0.4 is 0 Å². The summed E-state index contributed by atoms with van der Waals surface area (Å²) in [4.78, 5) is 40.7. The quantitative estimate of drug-likeness (QED) is 0.682. The first-order valence-electron chi connectivity index (χ1n) is 9.77.